The molecule has 5 atom stereocenters. The van der Waals surface area contributed by atoms with Crippen LogP contribution in [0.1, 0.15) is 45.4 Å². The third-order valence-corrected chi connectivity index (χ3v) is 6.36. The number of rotatable bonds is 0. The smallest absolute Gasteiger partial charge is 0.137 e. The van der Waals surface area contributed by atoms with Gasteiger partial charge in [-0.25, -0.2) is 0 Å². The van der Waals surface area contributed by atoms with E-state index in [-0.39, 0.29) is 0 Å². The minimum Gasteiger partial charge on any atom is -0.299 e. The third-order valence-electron chi connectivity index (χ3n) is 6.36. The van der Waals surface area contributed by atoms with E-state index in [1.165, 1.54) is 31.3 Å². The fraction of sp³-hybridized carbons (Fsp3) is 0.706. The van der Waals surface area contributed by atoms with Gasteiger partial charge in [-0.3, -0.25) is 4.79 Å². The number of Topliss-reactive ketones (excluding diaryl/α,β-unsaturated/α-hetero) is 1. The lowest BCUT2D eigenvalue weighted by Crippen LogP contribution is -2.32. The molecule has 3 saturated carbocycles. The maximum Gasteiger partial charge on any atom is 0.137 e. The number of hydrogen-bond donors (Lipinski definition) is 0. The van der Waals surface area contributed by atoms with E-state index in [4.69, 9.17) is 0 Å². The monoisotopic (exact) mass is 242 g/mol. The molecule has 1 nitrogen and oxygen atoms in total. The molecule has 0 N–H and O–H groups in total. The number of allylic oxidation sites excluding steroid dienone is 3. The largest absolute Gasteiger partial charge is 0.299 e. The first-order valence-corrected chi connectivity index (χ1v) is 7.52. The zero-order valence-corrected chi connectivity index (χ0v) is 11.2. The fourth-order valence-electron chi connectivity index (χ4n) is 5.42. The van der Waals surface area contributed by atoms with E-state index >= 15 is 0 Å². The maximum absolute atomic E-state index is 12.4. The predicted molar refractivity (Wildman–Crippen MR) is 72.0 cm³/mol. The van der Waals surface area contributed by atoms with Crippen molar-refractivity contribution in [3.8, 4) is 0 Å². The van der Waals surface area contributed by atoms with Crippen LogP contribution in [0.2, 0.25) is 0 Å². The molecule has 0 aromatic rings. The van der Waals surface area contributed by atoms with Gasteiger partial charge in [-0.2, -0.15) is 0 Å². The molecule has 0 aromatic heterocycles. The molecule has 96 valence electrons. The highest BCUT2D eigenvalue weighted by Gasteiger charge is 2.68. The first-order valence-electron chi connectivity index (χ1n) is 7.52. The summed E-state index contributed by atoms with van der Waals surface area (Å²) in [6.07, 6.45) is 9.15. The quantitative estimate of drug-likeness (QED) is 0.589. The molecule has 4 rings (SSSR count). The van der Waals surface area contributed by atoms with E-state index in [0.717, 1.165) is 18.8 Å². The zero-order valence-electron chi connectivity index (χ0n) is 11.2. The summed E-state index contributed by atoms with van der Waals surface area (Å²) in [7, 11) is 0. The molecule has 0 aromatic carbocycles. The first-order chi connectivity index (χ1) is 8.63. The summed E-state index contributed by atoms with van der Waals surface area (Å²) in [5, 5.41) is 0. The molecule has 1 heteroatoms. The van der Waals surface area contributed by atoms with Crippen LogP contribution in [0.5, 0.6) is 0 Å². The van der Waals surface area contributed by atoms with E-state index in [1.807, 2.05) is 0 Å². The topological polar surface area (TPSA) is 17.1 Å². The van der Waals surface area contributed by atoms with Crippen molar-refractivity contribution in [2.75, 3.05) is 0 Å². The summed E-state index contributed by atoms with van der Waals surface area (Å²) in [5.74, 6) is 2.78. The lowest BCUT2D eigenvalue weighted by Gasteiger charge is -2.34. The Morgan fingerprint density at radius 3 is 3.00 bits per heavy atom. The van der Waals surface area contributed by atoms with E-state index in [2.05, 4.69) is 19.6 Å². The Hall–Kier alpha value is -0.850. The van der Waals surface area contributed by atoms with Crippen molar-refractivity contribution in [2.24, 2.45) is 29.1 Å². The molecule has 18 heavy (non-hydrogen) atoms. The van der Waals surface area contributed by atoms with Crippen LogP contribution < -0.4 is 0 Å². The fourth-order valence-corrected chi connectivity index (χ4v) is 5.42. The Bertz CT molecular complexity index is 472. The average Bonchev–Trinajstić information content (AvgIpc) is 3.01. The van der Waals surface area contributed by atoms with Crippen molar-refractivity contribution in [1.29, 1.82) is 0 Å². The van der Waals surface area contributed by atoms with E-state index in [0.29, 0.717) is 29.0 Å². The van der Waals surface area contributed by atoms with Gasteiger partial charge in [0.15, 0.2) is 0 Å². The van der Waals surface area contributed by atoms with Gasteiger partial charge in [0.05, 0.1) is 0 Å². The number of hydrogen-bond acceptors (Lipinski definition) is 1. The zero-order chi connectivity index (χ0) is 12.5. The number of fused-ring (bicyclic) bond motifs is 3. The standard InChI is InChI=1S/C17H22O/c1-10-5-8-13(18)14-12(10)7-6-11-4-3-9-17(2)15(11)16(14)17/h4,12,14-16H,1,3,5-9H2,2H3/t12-,14-,15-,16+,17-/m1/s1. The summed E-state index contributed by atoms with van der Waals surface area (Å²) in [6.45, 7) is 6.71. The van der Waals surface area contributed by atoms with Gasteiger partial charge in [-0.05, 0) is 55.3 Å². The molecule has 4 aliphatic rings. The van der Waals surface area contributed by atoms with Gasteiger partial charge in [0.1, 0.15) is 5.78 Å². The Kier molecular flexibility index (Phi) is 2.06. The normalized spacial score (nSPS) is 49.9. The molecule has 4 aliphatic carbocycles. The number of carbonyl (C=O) groups is 1. The first kappa shape index (κ1) is 11.0. The molecule has 0 spiro atoms. The van der Waals surface area contributed by atoms with Gasteiger partial charge in [-0.1, -0.05) is 30.7 Å². The highest BCUT2D eigenvalue weighted by Crippen LogP contribution is 2.73. The van der Waals surface area contributed by atoms with Crippen LogP contribution in [0.4, 0.5) is 0 Å². The van der Waals surface area contributed by atoms with Crippen LogP contribution in [0.25, 0.3) is 0 Å². The van der Waals surface area contributed by atoms with Crippen molar-refractivity contribution >= 4 is 5.78 Å². The lowest BCUT2D eigenvalue weighted by molar-refractivity contribution is -0.126. The summed E-state index contributed by atoms with van der Waals surface area (Å²) in [6, 6.07) is 0. The minimum absolute atomic E-state index is 0.324. The molecule has 0 radical (unpaired) electrons. The van der Waals surface area contributed by atoms with E-state index in [9.17, 15) is 4.79 Å². The highest BCUT2D eigenvalue weighted by atomic mass is 16.1. The van der Waals surface area contributed by atoms with Crippen molar-refractivity contribution in [3.63, 3.8) is 0 Å². The second kappa shape index (κ2) is 3.37. The average molecular weight is 242 g/mol. The second-order valence-corrected chi connectivity index (χ2v) is 7.12. The second-order valence-electron chi connectivity index (χ2n) is 7.12. The molecule has 0 unspecified atom stereocenters. The van der Waals surface area contributed by atoms with Gasteiger partial charge in [-0.15, -0.1) is 0 Å². The van der Waals surface area contributed by atoms with Gasteiger partial charge in [0.2, 0.25) is 0 Å². The summed E-state index contributed by atoms with van der Waals surface area (Å²) >= 11 is 0. The Labute approximate surface area is 109 Å². The Balaban J connectivity index is 1.78. The third kappa shape index (κ3) is 1.21. The molecular weight excluding hydrogens is 220 g/mol. The molecule has 0 saturated heterocycles. The van der Waals surface area contributed by atoms with Crippen LogP contribution in [-0.4, -0.2) is 5.78 Å². The summed E-state index contributed by atoms with van der Waals surface area (Å²) < 4.78 is 0. The van der Waals surface area contributed by atoms with Gasteiger partial charge in [0, 0.05) is 12.3 Å². The molecule has 0 bridgehead atoms. The van der Waals surface area contributed by atoms with Crippen LogP contribution in [-0.2, 0) is 4.79 Å². The predicted octanol–water partition coefficient (Wildman–Crippen LogP) is 3.90. The highest BCUT2D eigenvalue weighted by molar-refractivity contribution is 5.84. The van der Waals surface area contributed by atoms with Crippen molar-refractivity contribution < 1.29 is 4.79 Å². The van der Waals surface area contributed by atoms with Crippen LogP contribution in [0, 0.1) is 29.1 Å². The van der Waals surface area contributed by atoms with Crippen molar-refractivity contribution in [2.45, 2.75) is 45.4 Å². The summed E-state index contributed by atoms with van der Waals surface area (Å²) in [4.78, 5) is 12.4. The maximum atomic E-state index is 12.4. The lowest BCUT2D eigenvalue weighted by atomic mass is 9.69. The van der Waals surface area contributed by atoms with Gasteiger partial charge < -0.3 is 0 Å². The van der Waals surface area contributed by atoms with E-state index < -0.39 is 0 Å². The summed E-state index contributed by atoms with van der Waals surface area (Å²) in [5.41, 5.74) is 3.51. The molecule has 0 amide bonds. The molecule has 0 heterocycles. The van der Waals surface area contributed by atoms with Gasteiger partial charge in [0.25, 0.3) is 0 Å². The van der Waals surface area contributed by atoms with Crippen LogP contribution in [0.3, 0.4) is 0 Å². The molecular formula is C17H22O. The van der Waals surface area contributed by atoms with Crippen molar-refractivity contribution in [3.05, 3.63) is 23.8 Å². The Morgan fingerprint density at radius 2 is 2.17 bits per heavy atom. The number of carbonyl (C=O) groups excluding carboxylic acids is 1. The SMILES string of the molecule is C=C1CCC(=O)[C@@H]2[C@H]3[C@H]4C(=CCC[C@@]34C)CC[C@H]12. The minimum atomic E-state index is 0.324. The van der Waals surface area contributed by atoms with Gasteiger partial charge >= 0.3 is 0 Å². The number of ketones is 1. The molecule has 0 aliphatic heterocycles. The Morgan fingerprint density at radius 1 is 1.33 bits per heavy atom. The van der Waals surface area contributed by atoms with Crippen LogP contribution in [0.15, 0.2) is 23.8 Å². The molecule has 3 fully saturated rings. The van der Waals surface area contributed by atoms with E-state index in [1.54, 1.807) is 5.57 Å². The van der Waals surface area contributed by atoms with Crippen molar-refractivity contribution in [1.82, 2.24) is 0 Å². The van der Waals surface area contributed by atoms with Crippen LogP contribution >= 0.6 is 0 Å².